The molecule has 0 saturated carbocycles. The molecule has 6 heteroatoms. The molecule has 100 valence electrons. The van der Waals surface area contributed by atoms with Crippen molar-refractivity contribution in [3.63, 3.8) is 0 Å². The number of rotatable bonds is 2. The van der Waals surface area contributed by atoms with E-state index in [1.165, 1.54) is 0 Å². The van der Waals surface area contributed by atoms with Crippen molar-refractivity contribution in [1.29, 1.82) is 0 Å². The molecule has 0 saturated heterocycles. The number of hydrogen-bond acceptors (Lipinski definition) is 3. The van der Waals surface area contributed by atoms with Crippen molar-refractivity contribution < 1.29 is 9.53 Å². The third-order valence-corrected chi connectivity index (χ3v) is 3.12. The van der Waals surface area contributed by atoms with Crippen molar-refractivity contribution in [3.8, 4) is 0 Å². The highest BCUT2D eigenvalue weighted by atomic mass is 16.5. The van der Waals surface area contributed by atoms with E-state index < -0.39 is 0 Å². The van der Waals surface area contributed by atoms with Crippen LogP contribution in [0.25, 0.3) is 0 Å². The number of imidazole rings is 1. The van der Waals surface area contributed by atoms with E-state index >= 15 is 0 Å². The van der Waals surface area contributed by atoms with Crippen LogP contribution >= 0.6 is 0 Å². The normalized spacial score (nSPS) is 19.3. The molecule has 1 aliphatic heterocycles. The highest BCUT2D eigenvalue weighted by molar-refractivity contribution is 5.73. The fourth-order valence-electron chi connectivity index (χ4n) is 2.31. The molecule has 6 nitrogen and oxygen atoms in total. The summed E-state index contributed by atoms with van der Waals surface area (Å²) in [5.74, 6) is 1.23. The minimum absolute atomic E-state index is 0.0209. The van der Waals surface area contributed by atoms with E-state index in [9.17, 15) is 4.79 Å². The van der Waals surface area contributed by atoms with Crippen LogP contribution in [0.15, 0.2) is 12.4 Å². The van der Waals surface area contributed by atoms with Crippen LogP contribution in [0.2, 0.25) is 0 Å². The van der Waals surface area contributed by atoms with Gasteiger partial charge in [-0.15, -0.1) is 0 Å². The van der Waals surface area contributed by atoms with Crippen molar-refractivity contribution in [2.45, 2.75) is 13.1 Å². The second-order valence-electron chi connectivity index (χ2n) is 4.87. The number of nitrogens with zero attached hydrogens (tertiary/aromatic N) is 4. The molecule has 18 heavy (non-hydrogen) atoms. The van der Waals surface area contributed by atoms with Gasteiger partial charge in [0.25, 0.3) is 0 Å². The summed E-state index contributed by atoms with van der Waals surface area (Å²) in [4.78, 5) is 19.8. The number of methoxy groups -OCH3 is 1. The fourth-order valence-corrected chi connectivity index (χ4v) is 2.31. The van der Waals surface area contributed by atoms with Gasteiger partial charge in [0.1, 0.15) is 5.82 Å². The molecule has 0 fully saturated rings. The smallest absolute Gasteiger partial charge is 0.319 e. The van der Waals surface area contributed by atoms with Crippen molar-refractivity contribution >= 4 is 6.03 Å². The Morgan fingerprint density at radius 2 is 2.33 bits per heavy atom. The van der Waals surface area contributed by atoms with Gasteiger partial charge >= 0.3 is 6.03 Å². The topological polar surface area (TPSA) is 50.6 Å². The maximum atomic E-state index is 12.1. The summed E-state index contributed by atoms with van der Waals surface area (Å²) in [6.45, 7) is 2.76. The van der Waals surface area contributed by atoms with Crippen LogP contribution in [0.3, 0.4) is 0 Å². The number of ether oxygens (including phenoxy) is 1. The van der Waals surface area contributed by atoms with Crippen LogP contribution in [-0.4, -0.2) is 59.7 Å². The van der Waals surface area contributed by atoms with Gasteiger partial charge in [0.05, 0.1) is 13.2 Å². The van der Waals surface area contributed by atoms with Crippen LogP contribution < -0.4 is 0 Å². The van der Waals surface area contributed by atoms with Crippen molar-refractivity contribution in [3.05, 3.63) is 18.2 Å². The van der Waals surface area contributed by atoms with E-state index in [-0.39, 0.29) is 6.03 Å². The van der Waals surface area contributed by atoms with Gasteiger partial charge in [0.15, 0.2) is 0 Å². The van der Waals surface area contributed by atoms with Gasteiger partial charge in [-0.1, -0.05) is 0 Å². The predicted octanol–water partition coefficient (Wildman–Crippen LogP) is 0.643. The van der Waals surface area contributed by atoms with E-state index in [1.54, 1.807) is 32.3 Å². The van der Waals surface area contributed by atoms with Crippen LogP contribution in [0.4, 0.5) is 4.79 Å². The molecular formula is C12H20N4O2. The molecule has 0 radical (unpaired) electrons. The van der Waals surface area contributed by atoms with Crippen molar-refractivity contribution in [1.82, 2.24) is 19.4 Å². The molecule has 0 spiro atoms. The Morgan fingerprint density at radius 3 is 3.00 bits per heavy atom. The minimum Gasteiger partial charge on any atom is -0.384 e. The summed E-state index contributed by atoms with van der Waals surface area (Å²) >= 11 is 0. The largest absolute Gasteiger partial charge is 0.384 e. The monoisotopic (exact) mass is 252 g/mol. The number of amides is 2. The zero-order chi connectivity index (χ0) is 13.1. The first-order valence-electron chi connectivity index (χ1n) is 6.07. The van der Waals surface area contributed by atoms with Gasteiger partial charge in [-0.05, 0) is 0 Å². The maximum absolute atomic E-state index is 12.1. The molecule has 1 atom stereocenters. The van der Waals surface area contributed by atoms with Crippen molar-refractivity contribution in [2.24, 2.45) is 5.92 Å². The van der Waals surface area contributed by atoms with Crippen LogP contribution in [0.1, 0.15) is 5.82 Å². The summed E-state index contributed by atoms with van der Waals surface area (Å²) in [5, 5.41) is 0. The van der Waals surface area contributed by atoms with Gasteiger partial charge in [-0.3, -0.25) is 0 Å². The second kappa shape index (κ2) is 5.39. The lowest BCUT2D eigenvalue weighted by atomic mass is 10.1. The van der Waals surface area contributed by atoms with Gasteiger partial charge in [0, 0.05) is 52.6 Å². The Labute approximate surface area is 107 Å². The van der Waals surface area contributed by atoms with Gasteiger partial charge in [-0.25, -0.2) is 9.78 Å². The number of urea groups is 1. The Hall–Kier alpha value is -1.56. The zero-order valence-corrected chi connectivity index (χ0v) is 11.2. The van der Waals surface area contributed by atoms with Crippen LogP contribution in [0, 0.1) is 5.92 Å². The van der Waals surface area contributed by atoms with E-state index in [4.69, 9.17) is 4.74 Å². The lowest BCUT2D eigenvalue weighted by Crippen LogP contribution is -2.41. The minimum atomic E-state index is 0.0209. The summed E-state index contributed by atoms with van der Waals surface area (Å²) in [7, 11) is 5.23. The first-order valence-corrected chi connectivity index (χ1v) is 6.07. The predicted molar refractivity (Wildman–Crippen MR) is 67.1 cm³/mol. The number of aromatic nitrogens is 2. The standard InChI is InChI=1S/C12H20N4O2/c1-14(2)12(17)16-7-10(9-18-3)6-15-5-4-13-11(15)8-16/h4-5,10H,6-9H2,1-3H3. The Balaban J connectivity index is 2.19. The third kappa shape index (κ3) is 2.64. The Bertz CT molecular complexity index is 416. The quantitative estimate of drug-likeness (QED) is 0.776. The first kappa shape index (κ1) is 12.9. The summed E-state index contributed by atoms with van der Waals surface area (Å²) in [6.07, 6.45) is 3.74. The maximum Gasteiger partial charge on any atom is 0.319 e. The summed E-state index contributed by atoms with van der Waals surface area (Å²) in [6, 6.07) is 0.0209. The fraction of sp³-hybridized carbons (Fsp3) is 0.667. The lowest BCUT2D eigenvalue weighted by molar-refractivity contribution is 0.115. The molecule has 0 N–H and O–H groups in total. The highest BCUT2D eigenvalue weighted by Crippen LogP contribution is 2.16. The SMILES string of the molecule is COCC1CN(C(=O)N(C)C)Cc2nccn2C1. The Kier molecular flexibility index (Phi) is 3.86. The average Bonchev–Trinajstić information content (AvgIpc) is 2.68. The van der Waals surface area contributed by atoms with E-state index in [2.05, 4.69) is 9.55 Å². The Morgan fingerprint density at radius 1 is 1.56 bits per heavy atom. The van der Waals surface area contributed by atoms with E-state index in [1.807, 2.05) is 11.1 Å². The summed E-state index contributed by atoms with van der Waals surface area (Å²) in [5.41, 5.74) is 0. The molecule has 0 bridgehead atoms. The molecule has 0 aliphatic carbocycles. The molecule has 1 aromatic heterocycles. The van der Waals surface area contributed by atoms with E-state index in [0.717, 1.165) is 12.4 Å². The third-order valence-electron chi connectivity index (χ3n) is 3.12. The molecule has 1 unspecified atom stereocenters. The molecule has 1 aliphatic rings. The highest BCUT2D eigenvalue weighted by Gasteiger charge is 2.26. The molecule has 2 rings (SSSR count). The number of hydrogen-bond donors (Lipinski definition) is 0. The molecular weight excluding hydrogens is 232 g/mol. The first-order chi connectivity index (χ1) is 8.61. The zero-order valence-electron chi connectivity index (χ0n) is 11.2. The van der Waals surface area contributed by atoms with Crippen LogP contribution in [-0.2, 0) is 17.8 Å². The molecule has 0 aromatic carbocycles. The average molecular weight is 252 g/mol. The molecule has 1 aromatic rings. The van der Waals surface area contributed by atoms with Crippen molar-refractivity contribution in [2.75, 3.05) is 34.4 Å². The van der Waals surface area contributed by atoms with E-state index in [0.29, 0.717) is 25.6 Å². The van der Waals surface area contributed by atoms with Gasteiger partial charge in [-0.2, -0.15) is 0 Å². The van der Waals surface area contributed by atoms with Gasteiger partial charge < -0.3 is 19.1 Å². The molecule has 2 heterocycles. The number of carbonyl (C=O) groups is 1. The molecule has 2 amide bonds. The number of carbonyl (C=O) groups excluding carboxylic acids is 1. The second-order valence-corrected chi connectivity index (χ2v) is 4.87. The van der Waals surface area contributed by atoms with Crippen LogP contribution in [0.5, 0.6) is 0 Å². The van der Waals surface area contributed by atoms with Gasteiger partial charge in [0.2, 0.25) is 0 Å². The lowest BCUT2D eigenvalue weighted by Gasteiger charge is -2.26. The number of fused-ring (bicyclic) bond motifs is 1. The summed E-state index contributed by atoms with van der Waals surface area (Å²) < 4.78 is 7.34.